The molecular formula is C21H29N3O4S. The number of piperidine rings is 1. The number of rotatable bonds is 7. The number of nitrogens with zero attached hydrogens (tertiary/aromatic N) is 1. The number of hydrogen-bond donors (Lipinski definition) is 2. The minimum Gasteiger partial charge on any atom is -0.352 e. The van der Waals surface area contributed by atoms with Crippen molar-refractivity contribution in [2.24, 2.45) is 0 Å². The normalized spacial score (nSPS) is 18.1. The Morgan fingerprint density at radius 1 is 1.24 bits per heavy atom. The highest BCUT2D eigenvalue weighted by Gasteiger charge is 2.32. The number of pyridine rings is 1. The van der Waals surface area contributed by atoms with Crippen molar-refractivity contribution in [2.75, 3.05) is 13.1 Å². The predicted molar refractivity (Wildman–Crippen MR) is 114 cm³/mol. The molecule has 1 fully saturated rings. The molecule has 1 amide bonds. The van der Waals surface area contributed by atoms with Crippen molar-refractivity contribution >= 4 is 26.8 Å². The second-order valence-corrected chi connectivity index (χ2v) is 9.43. The van der Waals surface area contributed by atoms with E-state index in [-0.39, 0.29) is 22.4 Å². The van der Waals surface area contributed by atoms with Gasteiger partial charge in [-0.2, -0.15) is 4.31 Å². The fourth-order valence-electron chi connectivity index (χ4n) is 3.89. The highest BCUT2D eigenvalue weighted by Crippen LogP contribution is 2.29. The molecule has 1 aromatic heterocycles. The van der Waals surface area contributed by atoms with Gasteiger partial charge in [-0.25, -0.2) is 8.42 Å². The molecule has 1 saturated heterocycles. The van der Waals surface area contributed by atoms with E-state index in [0.29, 0.717) is 24.0 Å². The largest absolute Gasteiger partial charge is 0.352 e. The molecule has 1 aliphatic heterocycles. The van der Waals surface area contributed by atoms with Gasteiger partial charge < -0.3 is 10.3 Å². The van der Waals surface area contributed by atoms with Crippen LogP contribution in [0.5, 0.6) is 0 Å². The van der Waals surface area contributed by atoms with Crippen LogP contribution < -0.4 is 10.9 Å². The van der Waals surface area contributed by atoms with Gasteiger partial charge in [-0.1, -0.05) is 26.7 Å². The van der Waals surface area contributed by atoms with E-state index in [1.807, 2.05) is 13.8 Å². The zero-order valence-electron chi connectivity index (χ0n) is 17.0. The molecule has 0 saturated carbocycles. The topological polar surface area (TPSA) is 99.3 Å². The van der Waals surface area contributed by atoms with Gasteiger partial charge in [-0.05, 0) is 43.9 Å². The van der Waals surface area contributed by atoms with Crippen LogP contribution in [0, 0.1) is 0 Å². The number of fused-ring (bicyclic) bond motifs is 1. The Morgan fingerprint density at radius 3 is 2.76 bits per heavy atom. The van der Waals surface area contributed by atoms with Crippen molar-refractivity contribution in [3.8, 4) is 0 Å². The summed E-state index contributed by atoms with van der Waals surface area (Å²) in [5, 5.41) is 3.24. The van der Waals surface area contributed by atoms with Crippen LogP contribution in [0.4, 0.5) is 0 Å². The molecule has 2 aromatic rings. The molecule has 0 bridgehead atoms. The first-order valence-corrected chi connectivity index (χ1v) is 11.8. The molecule has 7 nitrogen and oxygen atoms in total. The van der Waals surface area contributed by atoms with Crippen LogP contribution in [0.1, 0.15) is 62.7 Å². The highest BCUT2D eigenvalue weighted by molar-refractivity contribution is 7.89. The third-order valence-electron chi connectivity index (χ3n) is 5.53. The Bertz CT molecular complexity index is 1050. The Hall–Kier alpha value is -2.19. The molecule has 2 heterocycles. The number of carbonyl (C=O) groups is 1. The number of sulfonamides is 1. The number of benzene rings is 1. The standard InChI is InChI=1S/C21H29N3O4S/c1-3-5-11-22-21(26)18-14-20(25)23-19-10-9-16(13-17(18)19)29(27,28)24-12-7-6-8-15(24)4-2/h9-10,13-15H,3-8,11-12H2,1-2H3,(H,22,26)(H,23,25). The molecule has 8 heteroatoms. The van der Waals surface area contributed by atoms with Crippen molar-refractivity contribution < 1.29 is 13.2 Å². The van der Waals surface area contributed by atoms with Crippen LogP contribution in [-0.2, 0) is 10.0 Å². The lowest BCUT2D eigenvalue weighted by Crippen LogP contribution is -2.43. The molecule has 1 aliphatic rings. The van der Waals surface area contributed by atoms with Crippen molar-refractivity contribution in [1.29, 1.82) is 0 Å². The smallest absolute Gasteiger partial charge is 0.252 e. The summed E-state index contributed by atoms with van der Waals surface area (Å²) in [4.78, 5) is 27.4. The van der Waals surface area contributed by atoms with Crippen LogP contribution in [0.25, 0.3) is 10.9 Å². The number of hydrogen-bond acceptors (Lipinski definition) is 4. The van der Waals surface area contributed by atoms with Crippen LogP contribution in [-0.4, -0.2) is 42.7 Å². The monoisotopic (exact) mass is 419 g/mol. The molecule has 0 aliphatic carbocycles. The van der Waals surface area contributed by atoms with E-state index in [1.54, 1.807) is 10.4 Å². The van der Waals surface area contributed by atoms with E-state index in [2.05, 4.69) is 10.3 Å². The molecule has 3 rings (SSSR count). The first-order chi connectivity index (χ1) is 13.9. The van der Waals surface area contributed by atoms with Crippen molar-refractivity contribution in [2.45, 2.75) is 63.3 Å². The average molecular weight is 420 g/mol. The number of amides is 1. The number of nitrogens with one attached hydrogen (secondary N) is 2. The molecular weight excluding hydrogens is 390 g/mol. The molecule has 1 unspecified atom stereocenters. The molecule has 29 heavy (non-hydrogen) atoms. The number of H-pyrrole nitrogens is 1. The summed E-state index contributed by atoms with van der Waals surface area (Å²) >= 11 is 0. The third kappa shape index (κ3) is 4.53. The van der Waals surface area contributed by atoms with E-state index in [1.165, 1.54) is 18.2 Å². The summed E-state index contributed by atoms with van der Waals surface area (Å²) in [5.74, 6) is -0.367. The molecule has 0 spiro atoms. The second-order valence-electron chi connectivity index (χ2n) is 7.54. The summed E-state index contributed by atoms with van der Waals surface area (Å²) in [6.07, 6.45) is 5.29. The second kappa shape index (κ2) is 9.09. The summed E-state index contributed by atoms with van der Waals surface area (Å²) in [7, 11) is -3.68. The zero-order chi connectivity index (χ0) is 21.0. The number of carbonyl (C=O) groups excluding carboxylic acids is 1. The summed E-state index contributed by atoms with van der Waals surface area (Å²) in [6.45, 7) is 5.04. The lowest BCUT2D eigenvalue weighted by atomic mass is 10.0. The fraction of sp³-hybridized carbons (Fsp3) is 0.524. The number of unbranched alkanes of at least 4 members (excludes halogenated alkanes) is 1. The lowest BCUT2D eigenvalue weighted by Gasteiger charge is -2.34. The van der Waals surface area contributed by atoms with E-state index in [0.717, 1.165) is 38.5 Å². The molecule has 0 radical (unpaired) electrons. The Morgan fingerprint density at radius 2 is 2.03 bits per heavy atom. The summed E-state index contributed by atoms with van der Waals surface area (Å²) in [6, 6.07) is 5.81. The van der Waals surface area contributed by atoms with Crippen molar-refractivity contribution in [1.82, 2.24) is 14.6 Å². The van der Waals surface area contributed by atoms with Gasteiger partial charge in [0.05, 0.1) is 10.5 Å². The minimum absolute atomic E-state index is 0.00293. The highest BCUT2D eigenvalue weighted by atomic mass is 32.2. The van der Waals surface area contributed by atoms with E-state index < -0.39 is 15.6 Å². The fourth-order valence-corrected chi connectivity index (χ4v) is 5.68. The van der Waals surface area contributed by atoms with Gasteiger partial charge in [-0.15, -0.1) is 0 Å². The van der Waals surface area contributed by atoms with Gasteiger partial charge in [0.2, 0.25) is 15.6 Å². The Balaban J connectivity index is 2.04. The van der Waals surface area contributed by atoms with Gasteiger partial charge >= 0.3 is 0 Å². The van der Waals surface area contributed by atoms with E-state index in [9.17, 15) is 18.0 Å². The third-order valence-corrected chi connectivity index (χ3v) is 7.47. The maximum Gasteiger partial charge on any atom is 0.252 e. The van der Waals surface area contributed by atoms with Crippen LogP contribution in [0.15, 0.2) is 34.0 Å². The van der Waals surface area contributed by atoms with Gasteiger partial charge in [0.1, 0.15) is 0 Å². The maximum absolute atomic E-state index is 13.3. The summed E-state index contributed by atoms with van der Waals surface area (Å²) in [5.41, 5.74) is 0.251. The first kappa shape index (κ1) is 21.5. The van der Waals surface area contributed by atoms with Crippen LogP contribution in [0.3, 0.4) is 0 Å². The quantitative estimate of drug-likeness (QED) is 0.674. The molecule has 1 aromatic carbocycles. The zero-order valence-corrected chi connectivity index (χ0v) is 17.8. The summed E-state index contributed by atoms with van der Waals surface area (Å²) < 4.78 is 28.2. The van der Waals surface area contributed by atoms with Crippen molar-refractivity contribution in [3.05, 3.63) is 40.2 Å². The number of aromatic amines is 1. The maximum atomic E-state index is 13.3. The molecule has 2 N–H and O–H groups in total. The van der Waals surface area contributed by atoms with Gasteiger partial charge in [0.15, 0.2) is 0 Å². The Kier molecular flexibility index (Phi) is 6.74. The number of aromatic nitrogens is 1. The van der Waals surface area contributed by atoms with E-state index >= 15 is 0 Å². The molecule has 158 valence electrons. The van der Waals surface area contributed by atoms with E-state index in [4.69, 9.17) is 0 Å². The Labute approximate surface area is 171 Å². The first-order valence-electron chi connectivity index (χ1n) is 10.4. The SMILES string of the molecule is CCCCNC(=O)c1cc(=O)[nH]c2ccc(S(=O)(=O)N3CCCCC3CC)cc12. The lowest BCUT2D eigenvalue weighted by molar-refractivity contribution is 0.0954. The van der Waals surface area contributed by atoms with Crippen molar-refractivity contribution in [3.63, 3.8) is 0 Å². The van der Waals surface area contributed by atoms with Crippen LogP contribution in [0.2, 0.25) is 0 Å². The average Bonchev–Trinajstić information content (AvgIpc) is 2.72. The van der Waals surface area contributed by atoms with Gasteiger partial charge in [0.25, 0.3) is 5.91 Å². The van der Waals surface area contributed by atoms with Crippen LogP contribution >= 0.6 is 0 Å². The van der Waals surface area contributed by atoms with Gasteiger partial charge in [-0.3, -0.25) is 9.59 Å². The molecule has 1 atom stereocenters. The minimum atomic E-state index is -3.68. The predicted octanol–water partition coefficient (Wildman–Crippen LogP) is 3.01. The van der Waals surface area contributed by atoms with Gasteiger partial charge in [0, 0.05) is 36.1 Å².